The van der Waals surface area contributed by atoms with E-state index in [-0.39, 0.29) is 11.9 Å². The van der Waals surface area contributed by atoms with Crippen LogP contribution in [0.15, 0.2) is 36.0 Å². The molecule has 1 aliphatic rings. The molecular weight excluding hydrogens is 384 g/mol. The molecule has 0 spiro atoms. The minimum Gasteiger partial charge on any atom is -0.345 e. The van der Waals surface area contributed by atoms with Gasteiger partial charge in [0.15, 0.2) is 5.65 Å². The highest BCUT2D eigenvalue weighted by atomic mass is 32.1. The highest BCUT2D eigenvalue weighted by Crippen LogP contribution is 2.30. The summed E-state index contributed by atoms with van der Waals surface area (Å²) in [6.45, 7) is 2.57. The predicted octanol–water partition coefficient (Wildman–Crippen LogP) is 3.39. The summed E-state index contributed by atoms with van der Waals surface area (Å²) in [5.74, 6) is -0.0853. The molecule has 0 bridgehead atoms. The van der Waals surface area contributed by atoms with Gasteiger partial charge in [0.05, 0.1) is 35.9 Å². The Hall–Kier alpha value is -3.00. The first-order chi connectivity index (χ1) is 14.1. The number of thiophene rings is 1. The number of pyridine rings is 1. The molecule has 1 unspecified atom stereocenters. The summed E-state index contributed by atoms with van der Waals surface area (Å²) >= 11 is 1.69. The van der Waals surface area contributed by atoms with Gasteiger partial charge < -0.3 is 5.32 Å². The quantitative estimate of drug-likeness (QED) is 0.564. The molecule has 1 atom stereocenters. The number of fused-ring (bicyclic) bond motifs is 2. The van der Waals surface area contributed by atoms with Crippen molar-refractivity contribution >= 4 is 28.3 Å². The number of nitrogens with one attached hydrogen (secondary N) is 1. The zero-order valence-corrected chi connectivity index (χ0v) is 17.2. The van der Waals surface area contributed by atoms with Crippen LogP contribution in [0.3, 0.4) is 0 Å². The topological polar surface area (TPSA) is 77.6 Å². The van der Waals surface area contributed by atoms with Crippen LogP contribution in [-0.2, 0) is 20.0 Å². The Morgan fingerprint density at radius 2 is 2.24 bits per heavy atom. The smallest absolute Gasteiger partial charge is 0.252 e. The van der Waals surface area contributed by atoms with Crippen molar-refractivity contribution in [3.05, 3.63) is 63.4 Å². The number of aryl methyl sites for hydroxylation is 2. The van der Waals surface area contributed by atoms with Crippen LogP contribution in [0.2, 0.25) is 0 Å². The molecule has 0 aliphatic heterocycles. The van der Waals surface area contributed by atoms with E-state index in [1.165, 1.54) is 10.6 Å². The van der Waals surface area contributed by atoms with Crippen molar-refractivity contribution in [2.45, 2.75) is 38.8 Å². The number of aromatic nitrogens is 5. The first-order valence-corrected chi connectivity index (χ1v) is 10.7. The molecule has 1 amide bonds. The van der Waals surface area contributed by atoms with Crippen LogP contribution >= 0.6 is 11.3 Å². The third-order valence-electron chi connectivity index (χ3n) is 5.55. The Bertz CT molecular complexity index is 1190. The molecule has 7 nitrogen and oxygen atoms in total. The highest BCUT2D eigenvalue weighted by molar-refractivity contribution is 7.09. The van der Waals surface area contributed by atoms with Gasteiger partial charge in [0, 0.05) is 28.9 Å². The molecule has 148 valence electrons. The minimum atomic E-state index is -0.0853. The summed E-state index contributed by atoms with van der Waals surface area (Å²) in [4.78, 5) is 19.1. The van der Waals surface area contributed by atoms with E-state index < -0.39 is 0 Å². The predicted molar refractivity (Wildman–Crippen MR) is 112 cm³/mol. The maximum Gasteiger partial charge on any atom is 0.252 e. The zero-order chi connectivity index (χ0) is 20.0. The van der Waals surface area contributed by atoms with Crippen LogP contribution in [0, 0.1) is 6.92 Å². The normalized spacial score (nSPS) is 16.1. The van der Waals surface area contributed by atoms with Crippen molar-refractivity contribution in [1.29, 1.82) is 0 Å². The number of nitrogens with zero attached hydrogens (tertiary/aromatic N) is 5. The van der Waals surface area contributed by atoms with E-state index in [2.05, 4.69) is 31.9 Å². The Balaban J connectivity index is 1.47. The maximum atomic E-state index is 13.2. The number of carbonyl (C=O) groups excluding carboxylic acids is 1. The van der Waals surface area contributed by atoms with Gasteiger partial charge in [-0.25, -0.2) is 9.67 Å². The third-order valence-corrected chi connectivity index (χ3v) is 6.41. The zero-order valence-electron chi connectivity index (χ0n) is 16.4. The van der Waals surface area contributed by atoms with Gasteiger partial charge in [-0.2, -0.15) is 10.2 Å². The van der Waals surface area contributed by atoms with Crippen molar-refractivity contribution in [3.8, 4) is 0 Å². The average molecular weight is 407 g/mol. The summed E-state index contributed by atoms with van der Waals surface area (Å²) in [7, 11) is 1.96. The Labute approximate surface area is 172 Å². The van der Waals surface area contributed by atoms with Crippen molar-refractivity contribution in [2.24, 2.45) is 7.05 Å². The van der Waals surface area contributed by atoms with Gasteiger partial charge in [-0.05, 0) is 43.7 Å². The summed E-state index contributed by atoms with van der Waals surface area (Å²) < 4.78 is 3.78. The molecule has 4 heterocycles. The summed E-state index contributed by atoms with van der Waals surface area (Å²) in [5.41, 5.74) is 4.51. The van der Waals surface area contributed by atoms with Crippen molar-refractivity contribution in [1.82, 2.24) is 29.9 Å². The van der Waals surface area contributed by atoms with Gasteiger partial charge in [-0.15, -0.1) is 11.3 Å². The number of rotatable bonds is 4. The van der Waals surface area contributed by atoms with Crippen LogP contribution in [0.1, 0.15) is 51.1 Å². The van der Waals surface area contributed by atoms with E-state index in [0.717, 1.165) is 41.6 Å². The van der Waals surface area contributed by atoms with Crippen LogP contribution in [-0.4, -0.2) is 30.5 Å². The molecule has 0 fully saturated rings. The molecule has 5 rings (SSSR count). The summed E-state index contributed by atoms with van der Waals surface area (Å²) in [6.07, 6.45) is 6.61. The fraction of sp³-hybridized carbons (Fsp3) is 0.333. The first kappa shape index (κ1) is 18.1. The van der Waals surface area contributed by atoms with Gasteiger partial charge in [0.1, 0.15) is 0 Å². The van der Waals surface area contributed by atoms with Crippen LogP contribution in [0.4, 0.5) is 0 Å². The lowest BCUT2D eigenvalue weighted by atomic mass is 9.92. The Morgan fingerprint density at radius 3 is 3.07 bits per heavy atom. The average Bonchev–Trinajstić information content (AvgIpc) is 3.44. The second kappa shape index (κ2) is 7.11. The minimum absolute atomic E-state index is 0.00960. The lowest BCUT2D eigenvalue weighted by Crippen LogP contribution is -2.31. The van der Waals surface area contributed by atoms with Gasteiger partial charge in [-0.1, -0.05) is 6.07 Å². The van der Waals surface area contributed by atoms with Gasteiger partial charge in [0.2, 0.25) is 0 Å². The molecule has 0 saturated heterocycles. The monoisotopic (exact) mass is 406 g/mol. The number of hydrogen-bond donors (Lipinski definition) is 1. The molecule has 8 heteroatoms. The summed E-state index contributed by atoms with van der Waals surface area (Å²) in [6, 6.07) is 5.95. The third kappa shape index (κ3) is 3.23. The van der Waals surface area contributed by atoms with E-state index in [1.807, 2.05) is 41.7 Å². The molecule has 4 aromatic heterocycles. The van der Waals surface area contributed by atoms with Crippen LogP contribution < -0.4 is 5.32 Å². The molecule has 4 aromatic rings. The number of hydrogen-bond acceptors (Lipinski definition) is 5. The van der Waals surface area contributed by atoms with Crippen molar-refractivity contribution in [2.75, 3.05) is 0 Å². The van der Waals surface area contributed by atoms with Crippen molar-refractivity contribution < 1.29 is 4.79 Å². The van der Waals surface area contributed by atoms with Crippen LogP contribution in [0.25, 0.3) is 11.0 Å². The second-order valence-electron chi connectivity index (χ2n) is 7.52. The molecule has 0 radical (unpaired) electrons. The Morgan fingerprint density at radius 1 is 1.34 bits per heavy atom. The lowest BCUT2D eigenvalue weighted by molar-refractivity contribution is 0.0934. The van der Waals surface area contributed by atoms with Gasteiger partial charge in [-0.3, -0.25) is 9.48 Å². The van der Waals surface area contributed by atoms with E-state index in [0.29, 0.717) is 12.1 Å². The fourth-order valence-corrected chi connectivity index (χ4v) is 4.80. The molecular formula is C21H22N6OS. The molecule has 29 heavy (non-hydrogen) atoms. The molecule has 0 saturated carbocycles. The molecule has 1 N–H and O–H groups in total. The maximum absolute atomic E-state index is 13.2. The Kier molecular flexibility index (Phi) is 4.43. The second-order valence-corrected chi connectivity index (χ2v) is 8.55. The first-order valence-electron chi connectivity index (χ1n) is 9.77. The largest absolute Gasteiger partial charge is 0.345 e. The van der Waals surface area contributed by atoms with Gasteiger partial charge in [0.25, 0.3) is 5.91 Å². The number of amides is 1. The standard InChI is InChI=1S/C21H22N6OS/c1-13-9-15(16-10-23-27(20(16)24-13)12-14-5-4-8-29-14)21(28)25-18-6-3-7-19-17(18)11-22-26(19)2/h4-5,8-11,18H,3,6-7,12H2,1-2H3,(H,25,28). The van der Waals surface area contributed by atoms with E-state index in [1.54, 1.807) is 17.5 Å². The molecule has 0 aromatic carbocycles. The van der Waals surface area contributed by atoms with E-state index >= 15 is 0 Å². The lowest BCUT2D eigenvalue weighted by Gasteiger charge is -2.24. The molecule has 1 aliphatic carbocycles. The highest BCUT2D eigenvalue weighted by Gasteiger charge is 2.26. The fourth-order valence-electron chi connectivity index (χ4n) is 4.12. The van der Waals surface area contributed by atoms with E-state index in [4.69, 9.17) is 0 Å². The SMILES string of the molecule is Cc1cc(C(=O)NC2CCCc3c2cnn3C)c2cnn(Cc3cccs3)c2n1. The number of carbonyl (C=O) groups is 1. The van der Waals surface area contributed by atoms with Crippen LogP contribution in [0.5, 0.6) is 0 Å². The van der Waals surface area contributed by atoms with Crippen molar-refractivity contribution in [3.63, 3.8) is 0 Å². The summed E-state index contributed by atoms with van der Waals surface area (Å²) in [5, 5.41) is 14.9. The van der Waals surface area contributed by atoms with Gasteiger partial charge >= 0.3 is 0 Å². The van der Waals surface area contributed by atoms with E-state index in [9.17, 15) is 4.79 Å².